The first-order valence-electron chi connectivity index (χ1n) is 4.43. The molecule has 0 unspecified atom stereocenters. The van der Waals surface area contributed by atoms with Gasteiger partial charge in [0.2, 0.25) is 0 Å². The van der Waals surface area contributed by atoms with Crippen molar-refractivity contribution in [3.63, 3.8) is 0 Å². The van der Waals surface area contributed by atoms with Gasteiger partial charge in [-0.1, -0.05) is 25.4 Å². The van der Waals surface area contributed by atoms with Gasteiger partial charge < -0.3 is 4.74 Å². The lowest BCUT2D eigenvalue weighted by molar-refractivity contribution is 0.342. The van der Waals surface area contributed by atoms with Crippen LogP contribution in [0.25, 0.3) is 0 Å². The highest BCUT2D eigenvalue weighted by Gasteiger charge is 2.04. The molecular weight excluding hydrogens is 219 g/mol. The summed E-state index contributed by atoms with van der Waals surface area (Å²) in [4.78, 5) is 0. The molecule has 3 heteroatoms. The highest BCUT2D eigenvalue weighted by Crippen LogP contribution is 2.25. The molecule has 0 saturated heterocycles. The van der Waals surface area contributed by atoms with Crippen LogP contribution in [0, 0.1) is 5.92 Å². The Hall–Kier alpha value is -0.400. The SMILES string of the molecule is C[C](C)c1cc(Cl)cc(OCCCl)c1. The summed E-state index contributed by atoms with van der Waals surface area (Å²) in [7, 11) is 0. The summed E-state index contributed by atoms with van der Waals surface area (Å²) >= 11 is 11.5. The van der Waals surface area contributed by atoms with Gasteiger partial charge in [0, 0.05) is 5.02 Å². The molecule has 0 heterocycles. The van der Waals surface area contributed by atoms with Crippen LogP contribution in [-0.2, 0) is 0 Å². The number of halogens is 2. The molecule has 0 aromatic heterocycles. The predicted octanol–water partition coefficient (Wildman–Crippen LogP) is 3.92. The average Bonchev–Trinajstić information content (AvgIpc) is 2.14. The first-order valence-corrected chi connectivity index (χ1v) is 5.34. The van der Waals surface area contributed by atoms with Gasteiger partial charge in [0.05, 0.1) is 5.88 Å². The standard InChI is InChI=1S/C11H13Cl2O/c1-8(2)9-5-10(13)7-11(6-9)14-4-3-12/h5-7H,3-4H2,1-2H3. The van der Waals surface area contributed by atoms with Crippen LogP contribution < -0.4 is 4.74 Å². The summed E-state index contributed by atoms with van der Waals surface area (Å²) in [5, 5.41) is 0.688. The van der Waals surface area contributed by atoms with Crippen molar-refractivity contribution in [1.82, 2.24) is 0 Å². The Morgan fingerprint density at radius 1 is 1.29 bits per heavy atom. The Bertz CT molecular complexity index is 297. The first kappa shape index (κ1) is 11.7. The van der Waals surface area contributed by atoms with Crippen molar-refractivity contribution < 1.29 is 4.74 Å². The van der Waals surface area contributed by atoms with Gasteiger partial charge in [-0.05, 0) is 29.7 Å². The van der Waals surface area contributed by atoms with Gasteiger partial charge in [0.15, 0.2) is 0 Å². The van der Waals surface area contributed by atoms with Gasteiger partial charge in [-0.25, -0.2) is 0 Å². The number of alkyl halides is 1. The quantitative estimate of drug-likeness (QED) is 0.715. The molecule has 1 nitrogen and oxygen atoms in total. The highest BCUT2D eigenvalue weighted by molar-refractivity contribution is 6.30. The van der Waals surface area contributed by atoms with Gasteiger partial charge in [0.25, 0.3) is 0 Å². The zero-order valence-electron chi connectivity index (χ0n) is 8.31. The smallest absolute Gasteiger partial charge is 0.121 e. The van der Waals surface area contributed by atoms with Gasteiger partial charge in [0.1, 0.15) is 12.4 Å². The van der Waals surface area contributed by atoms with Crippen molar-refractivity contribution in [2.75, 3.05) is 12.5 Å². The Morgan fingerprint density at radius 3 is 2.57 bits per heavy atom. The molecule has 1 aromatic carbocycles. The van der Waals surface area contributed by atoms with Crippen LogP contribution in [0.1, 0.15) is 19.4 Å². The number of hydrogen-bond acceptors (Lipinski definition) is 1. The van der Waals surface area contributed by atoms with Crippen LogP contribution in [0.15, 0.2) is 18.2 Å². The van der Waals surface area contributed by atoms with Crippen LogP contribution in [0.4, 0.5) is 0 Å². The summed E-state index contributed by atoms with van der Waals surface area (Å²) in [5.41, 5.74) is 1.10. The zero-order chi connectivity index (χ0) is 10.6. The maximum atomic E-state index is 5.95. The molecular formula is C11H13Cl2O. The van der Waals surface area contributed by atoms with Crippen molar-refractivity contribution in [1.29, 1.82) is 0 Å². The van der Waals surface area contributed by atoms with E-state index in [0.29, 0.717) is 17.5 Å². The fourth-order valence-electron chi connectivity index (χ4n) is 1.09. The molecule has 1 aromatic rings. The molecule has 0 aliphatic rings. The van der Waals surface area contributed by atoms with Crippen LogP contribution in [0.2, 0.25) is 5.02 Å². The predicted molar refractivity (Wildman–Crippen MR) is 61.4 cm³/mol. The first-order chi connectivity index (χ1) is 6.63. The Kier molecular flexibility index (Phi) is 4.56. The topological polar surface area (TPSA) is 9.23 Å². The lowest BCUT2D eigenvalue weighted by Crippen LogP contribution is -1.99. The molecule has 77 valence electrons. The van der Waals surface area contributed by atoms with Crippen molar-refractivity contribution >= 4 is 23.2 Å². The lowest BCUT2D eigenvalue weighted by Gasteiger charge is -2.09. The minimum Gasteiger partial charge on any atom is -0.492 e. The highest BCUT2D eigenvalue weighted by atomic mass is 35.5. The molecule has 0 spiro atoms. The Morgan fingerprint density at radius 2 is 2.00 bits per heavy atom. The second-order valence-electron chi connectivity index (χ2n) is 3.21. The van der Waals surface area contributed by atoms with E-state index in [1.165, 1.54) is 5.92 Å². The molecule has 1 radical (unpaired) electrons. The van der Waals surface area contributed by atoms with Crippen molar-refractivity contribution in [2.45, 2.75) is 13.8 Å². The molecule has 0 atom stereocenters. The maximum absolute atomic E-state index is 5.95. The third-order valence-electron chi connectivity index (χ3n) is 1.79. The summed E-state index contributed by atoms with van der Waals surface area (Å²) in [6, 6.07) is 5.68. The minimum atomic E-state index is 0.483. The van der Waals surface area contributed by atoms with E-state index in [1.807, 2.05) is 26.0 Å². The van der Waals surface area contributed by atoms with E-state index in [1.54, 1.807) is 6.07 Å². The molecule has 0 fully saturated rings. The van der Waals surface area contributed by atoms with E-state index in [9.17, 15) is 0 Å². The fourth-order valence-corrected chi connectivity index (χ4v) is 1.39. The van der Waals surface area contributed by atoms with E-state index in [4.69, 9.17) is 27.9 Å². The third-order valence-corrected chi connectivity index (χ3v) is 2.17. The average molecular weight is 232 g/mol. The lowest BCUT2D eigenvalue weighted by atomic mass is 10.0. The van der Waals surface area contributed by atoms with Gasteiger partial charge in [-0.2, -0.15) is 0 Å². The normalized spacial score (nSPS) is 10.6. The summed E-state index contributed by atoms with van der Waals surface area (Å²) in [6.45, 7) is 4.58. The largest absolute Gasteiger partial charge is 0.492 e. The Balaban J connectivity index is 2.84. The summed E-state index contributed by atoms with van der Waals surface area (Å²) in [5.74, 6) is 2.47. The van der Waals surface area contributed by atoms with E-state index < -0.39 is 0 Å². The van der Waals surface area contributed by atoms with Gasteiger partial charge in [-0.15, -0.1) is 11.6 Å². The molecule has 0 saturated carbocycles. The minimum absolute atomic E-state index is 0.483. The number of benzene rings is 1. The monoisotopic (exact) mass is 231 g/mol. The summed E-state index contributed by atoms with van der Waals surface area (Å²) < 4.78 is 5.40. The van der Waals surface area contributed by atoms with E-state index in [2.05, 4.69) is 0 Å². The molecule has 0 aliphatic heterocycles. The molecule has 1 rings (SSSR count). The number of ether oxygens (including phenoxy) is 1. The van der Waals surface area contributed by atoms with E-state index in [0.717, 1.165) is 11.3 Å². The molecule has 0 aliphatic carbocycles. The third kappa shape index (κ3) is 3.39. The van der Waals surface area contributed by atoms with Crippen molar-refractivity contribution in [2.24, 2.45) is 0 Å². The molecule has 0 N–H and O–H groups in total. The number of hydrogen-bond donors (Lipinski definition) is 0. The molecule has 14 heavy (non-hydrogen) atoms. The van der Waals surface area contributed by atoms with E-state index >= 15 is 0 Å². The second kappa shape index (κ2) is 5.47. The van der Waals surface area contributed by atoms with Crippen LogP contribution >= 0.6 is 23.2 Å². The molecule has 0 amide bonds. The van der Waals surface area contributed by atoms with Gasteiger partial charge >= 0.3 is 0 Å². The van der Waals surface area contributed by atoms with Crippen molar-refractivity contribution in [3.8, 4) is 5.75 Å². The second-order valence-corrected chi connectivity index (χ2v) is 4.03. The summed E-state index contributed by atoms with van der Waals surface area (Å²) in [6.07, 6.45) is 0. The Labute approximate surface area is 95.0 Å². The molecule has 0 bridgehead atoms. The maximum Gasteiger partial charge on any atom is 0.121 e. The zero-order valence-corrected chi connectivity index (χ0v) is 9.82. The number of rotatable bonds is 4. The van der Waals surface area contributed by atoms with Gasteiger partial charge in [-0.3, -0.25) is 0 Å². The van der Waals surface area contributed by atoms with Crippen LogP contribution in [0.3, 0.4) is 0 Å². The van der Waals surface area contributed by atoms with E-state index in [-0.39, 0.29) is 0 Å². The fraction of sp³-hybridized carbons (Fsp3) is 0.364. The van der Waals surface area contributed by atoms with Crippen LogP contribution in [-0.4, -0.2) is 12.5 Å². The van der Waals surface area contributed by atoms with Crippen LogP contribution in [0.5, 0.6) is 5.75 Å². The van der Waals surface area contributed by atoms with Crippen molar-refractivity contribution in [3.05, 3.63) is 34.7 Å².